The topological polar surface area (TPSA) is 54.9 Å². The average Bonchev–Trinajstić information content (AvgIpc) is 2.74. The summed E-state index contributed by atoms with van der Waals surface area (Å²) in [5, 5.41) is 1.38. The molecule has 0 atom stereocenters. The first-order chi connectivity index (χ1) is 10.4. The van der Waals surface area contributed by atoms with E-state index in [2.05, 4.69) is 0 Å². The Morgan fingerprint density at radius 1 is 1.09 bits per heavy atom. The lowest BCUT2D eigenvalue weighted by atomic mass is 10.1. The van der Waals surface area contributed by atoms with Crippen LogP contribution >= 0.6 is 0 Å². The van der Waals surface area contributed by atoms with E-state index in [9.17, 15) is 40.3 Å². The van der Waals surface area contributed by atoms with Crippen LogP contribution in [0.25, 0.3) is 5.69 Å². The second kappa shape index (κ2) is 5.25. The minimum atomic E-state index is -5.68. The Labute approximate surface area is 122 Å². The SMILES string of the molecule is O=C(c1c(C(F)(F)F)[nH]n(-c2cccc(F)c2)c1=O)C(F)(F)F. The van der Waals surface area contributed by atoms with Crippen molar-refractivity contribution in [3.63, 3.8) is 0 Å². The number of rotatable bonds is 2. The summed E-state index contributed by atoms with van der Waals surface area (Å²) in [5.41, 5.74) is -6.64. The Balaban J connectivity index is 2.77. The molecule has 0 aliphatic carbocycles. The van der Waals surface area contributed by atoms with Gasteiger partial charge >= 0.3 is 12.4 Å². The van der Waals surface area contributed by atoms with Gasteiger partial charge < -0.3 is 0 Å². The van der Waals surface area contributed by atoms with Crippen LogP contribution in [0.2, 0.25) is 0 Å². The van der Waals surface area contributed by atoms with Gasteiger partial charge in [0.15, 0.2) is 5.69 Å². The first-order valence-corrected chi connectivity index (χ1v) is 5.72. The van der Waals surface area contributed by atoms with Crippen molar-refractivity contribution >= 4 is 5.78 Å². The molecule has 0 spiro atoms. The van der Waals surface area contributed by atoms with Crippen molar-refractivity contribution < 1.29 is 35.5 Å². The van der Waals surface area contributed by atoms with Gasteiger partial charge in [0.05, 0.1) is 5.69 Å². The molecule has 0 fully saturated rings. The lowest BCUT2D eigenvalue weighted by Gasteiger charge is -2.07. The number of halogens is 7. The minimum absolute atomic E-state index is 0.0187. The standard InChI is InChI=1S/C12H5F7N2O2/c13-5-2-1-3-6(4-5)21-10(23)7(9(22)12(17,18)19)8(20-21)11(14,15)16/h1-4,20H. The van der Waals surface area contributed by atoms with Gasteiger partial charge in [-0.2, -0.15) is 26.3 Å². The molecule has 1 N–H and O–H groups in total. The van der Waals surface area contributed by atoms with Crippen LogP contribution in [0.15, 0.2) is 29.1 Å². The number of Topliss-reactive ketones (excluding diaryl/α,β-unsaturated/α-hetero) is 1. The maximum atomic E-state index is 13.1. The van der Waals surface area contributed by atoms with Gasteiger partial charge in [-0.25, -0.2) is 9.07 Å². The third kappa shape index (κ3) is 3.12. The fourth-order valence-corrected chi connectivity index (χ4v) is 1.79. The minimum Gasteiger partial charge on any atom is -0.286 e. The Morgan fingerprint density at radius 2 is 1.70 bits per heavy atom. The molecule has 1 aromatic heterocycles. The van der Waals surface area contributed by atoms with Crippen LogP contribution in [0.4, 0.5) is 30.7 Å². The highest BCUT2D eigenvalue weighted by Gasteiger charge is 2.48. The number of nitrogens with zero attached hydrogens (tertiary/aromatic N) is 1. The third-order valence-corrected chi connectivity index (χ3v) is 2.72. The van der Waals surface area contributed by atoms with Gasteiger partial charge in [-0.05, 0) is 18.2 Å². The molecule has 2 rings (SSSR count). The normalized spacial score (nSPS) is 12.5. The molecule has 0 radical (unpaired) electrons. The van der Waals surface area contributed by atoms with Crippen LogP contribution in [0.3, 0.4) is 0 Å². The lowest BCUT2D eigenvalue weighted by Crippen LogP contribution is -2.31. The van der Waals surface area contributed by atoms with E-state index in [1.54, 1.807) is 0 Å². The maximum Gasteiger partial charge on any atom is 0.455 e. The third-order valence-electron chi connectivity index (χ3n) is 2.72. The number of H-pyrrole nitrogens is 1. The fourth-order valence-electron chi connectivity index (χ4n) is 1.79. The summed E-state index contributed by atoms with van der Waals surface area (Å²) >= 11 is 0. The molecule has 124 valence electrons. The van der Waals surface area contributed by atoms with Gasteiger partial charge in [0.25, 0.3) is 11.3 Å². The Morgan fingerprint density at radius 3 is 2.17 bits per heavy atom. The molecule has 1 aromatic carbocycles. The predicted octanol–water partition coefficient (Wildman–Crippen LogP) is 3.07. The average molecular weight is 342 g/mol. The number of ketones is 1. The Kier molecular flexibility index (Phi) is 3.83. The molecule has 2 aromatic rings. The van der Waals surface area contributed by atoms with Gasteiger partial charge in [0, 0.05) is 0 Å². The highest BCUT2D eigenvalue weighted by atomic mass is 19.4. The Bertz CT molecular complexity index is 814. The molecule has 0 saturated carbocycles. The van der Waals surface area contributed by atoms with Gasteiger partial charge in [0.1, 0.15) is 11.4 Å². The first kappa shape index (κ1) is 16.8. The van der Waals surface area contributed by atoms with Crippen LogP contribution in [-0.2, 0) is 6.18 Å². The number of carbonyl (C=O) groups excluding carboxylic acids is 1. The summed E-state index contributed by atoms with van der Waals surface area (Å²) in [6, 6.07) is 3.52. The zero-order valence-electron chi connectivity index (χ0n) is 10.7. The van der Waals surface area contributed by atoms with E-state index in [0.29, 0.717) is 6.07 Å². The zero-order valence-corrected chi connectivity index (χ0v) is 10.7. The molecule has 0 bridgehead atoms. The van der Waals surface area contributed by atoms with E-state index < -0.39 is 46.5 Å². The van der Waals surface area contributed by atoms with Crippen LogP contribution in [-0.4, -0.2) is 21.7 Å². The summed E-state index contributed by atoms with van der Waals surface area (Å²) < 4.78 is 88.8. The lowest BCUT2D eigenvalue weighted by molar-refractivity contribution is -0.142. The quantitative estimate of drug-likeness (QED) is 0.674. The molecule has 11 heteroatoms. The number of hydrogen-bond donors (Lipinski definition) is 1. The van der Waals surface area contributed by atoms with Crippen LogP contribution < -0.4 is 5.56 Å². The fraction of sp³-hybridized carbons (Fsp3) is 0.167. The van der Waals surface area contributed by atoms with E-state index >= 15 is 0 Å². The number of nitrogens with one attached hydrogen (secondary N) is 1. The monoisotopic (exact) mass is 342 g/mol. The number of carbonyl (C=O) groups is 1. The zero-order chi connectivity index (χ0) is 17.6. The van der Waals surface area contributed by atoms with Gasteiger partial charge in [-0.3, -0.25) is 14.7 Å². The van der Waals surface area contributed by atoms with E-state index in [-0.39, 0.29) is 4.68 Å². The first-order valence-electron chi connectivity index (χ1n) is 5.72. The van der Waals surface area contributed by atoms with Crippen LogP contribution in [0.5, 0.6) is 0 Å². The van der Waals surface area contributed by atoms with Gasteiger partial charge in [-0.1, -0.05) is 6.07 Å². The molecule has 0 saturated heterocycles. The molecule has 0 unspecified atom stereocenters. The van der Waals surface area contributed by atoms with E-state index in [1.165, 1.54) is 5.10 Å². The molecule has 0 aliphatic rings. The van der Waals surface area contributed by atoms with Crippen LogP contribution in [0.1, 0.15) is 16.1 Å². The van der Waals surface area contributed by atoms with E-state index in [0.717, 1.165) is 18.2 Å². The molecular weight excluding hydrogens is 337 g/mol. The van der Waals surface area contributed by atoms with Crippen molar-refractivity contribution in [3.05, 3.63) is 51.7 Å². The number of benzene rings is 1. The van der Waals surface area contributed by atoms with E-state index in [4.69, 9.17) is 0 Å². The highest BCUT2D eigenvalue weighted by Crippen LogP contribution is 2.32. The Hall–Kier alpha value is -2.59. The smallest absolute Gasteiger partial charge is 0.286 e. The van der Waals surface area contributed by atoms with Crippen molar-refractivity contribution in [2.45, 2.75) is 12.4 Å². The second-order valence-corrected chi connectivity index (χ2v) is 4.31. The highest BCUT2D eigenvalue weighted by molar-refractivity contribution is 6.01. The molecule has 1 heterocycles. The predicted molar refractivity (Wildman–Crippen MR) is 61.7 cm³/mol. The molecular formula is C12H5F7N2O2. The van der Waals surface area contributed by atoms with Crippen molar-refractivity contribution in [2.75, 3.05) is 0 Å². The number of hydrogen-bond acceptors (Lipinski definition) is 2. The number of alkyl halides is 6. The van der Waals surface area contributed by atoms with Gasteiger partial charge in [0.2, 0.25) is 0 Å². The van der Waals surface area contributed by atoms with Crippen molar-refractivity contribution in [1.82, 2.24) is 9.78 Å². The largest absolute Gasteiger partial charge is 0.455 e. The van der Waals surface area contributed by atoms with Crippen molar-refractivity contribution in [2.24, 2.45) is 0 Å². The summed E-state index contributed by atoms with van der Waals surface area (Å²) in [7, 11) is 0. The van der Waals surface area contributed by atoms with Crippen LogP contribution in [0, 0.1) is 5.82 Å². The van der Waals surface area contributed by atoms with E-state index in [1.807, 2.05) is 0 Å². The van der Waals surface area contributed by atoms with Gasteiger partial charge in [-0.15, -0.1) is 0 Å². The van der Waals surface area contributed by atoms with Crippen molar-refractivity contribution in [1.29, 1.82) is 0 Å². The maximum absolute atomic E-state index is 13.1. The second-order valence-electron chi connectivity index (χ2n) is 4.31. The molecule has 0 aliphatic heterocycles. The molecule has 23 heavy (non-hydrogen) atoms. The summed E-state index contributed by atoms with van der Waals surface area (Å²) in [6.07, 6.45) is -11.1. The number of aromatic amines is 1. The number of aromatic nitrogens is 2. The van der Waals surface area contributed by atoms with Crippen molar-refractivity contribution in [3.8, 4) is 5.69 Å². The molecule has 0 amide bonds. The summed E-state index contributed by atoms with van der Waals surface area (Å²) in [6.45, 7) is 0. The summed E-state index contributed by atoms with van der Waals surface area (Å²) in [5.74, 6) is -3.89. The summed E-state index contributed by atoms with van der Waals surface area (Å²) in [4.78, 5) is 23.0. The molecule has 4 nitrogen and oxygen atoms in total.